The number of ether oxygens (including phenoxy) is 1. The van der Waals surface area contributed by atoms with Crippen molar-refractivity contribution in [2.75, 3.05) is 26.2 Å². The third-order valence-electron chi connectivity index (χ3n) is 3.68. The number of hydrogen-bond acceptors (Lipinski definition) is 6. The minimum atomic E-state index is 0.468. The molecule has 7 nitrogen and oxygen atoms in total. The lowest BCUT2D eigenvalue weighted by Crippen LogP contribution is -2.39. The maximum Gasteiger partial charge on any atom is 0.316 e. The Morgan fingerprint density at radius 3 is 2.71 bits per heavy atom. The molecule has 0 N–H and O–H groups in total. The lowest BCUT2D eigenvalue weighted by molar-refractivity contribution is 0.120. The molecule has 21 heavy (non-hydrogen) atoms. The quantitative estimate of drug-likeness (QED) is 0.785. The third kappa shape index (κ3) is 4.22. The summed E-state index contributed by atoms with van der Waals surface area (Å²) in [5.41, 5.74) is 0. The maximum atomic E-state index is 5.67. The van der Waals surface area contributed by atoms with E-state index in [4.69, 9.17) is 4.74 Å². The first kappa shape index (κ1) is 13.9. The molecule has 2 aromatic rings. The molecule has 112 valence electrons. The predicted molar refractivity (Wildman–Crippen MR) is 76.7 cm³/mol. The van der Waals surface area contributed by atoms with Gasteiger partial charge in [0.25, 0.3) is 0 Å². The molecule has 0 aromatic carbocycles. The van der Waals surface area contributed by atoms with E-state index in [1.54, 1.807) is 35.7 Å². The minimum absolute atomic E-state index is 0.468. The molecule has 0 saturated carbocycles. The lowest BCUT2D eigenvalue weighted by Gasteiger charge is -2.32. The van der Waals surface area contributed by atoms with Crippen LogP contribution in [0.25, 0.3) is 0 Å². The van der Waals surface area contributed by atoms with E-state index in [2.05, 4.69) is 25.1 Å². The molecule has 1 saturated heterocycles. The molecule has 0 radical (unpaired) electrons. The Bertz CT molecular complexity index is 518. The molecule has 0 bridgehead atoms. The van der Waals surface area contributed by atoms with Gasteiger partial charge < -0.3 is 9.64 Å². The second kappa shape index (κ2) is 7.12. The van der Waals surface area contributed by atoms with Crippen molar-refractivity contribution in [1.82, 2.24) is 29.9 Å². The predicted octanol–water partition coefficient (Wildman–Crippen LogP) is 0.859. The Balaban J connectivity index is 1.42. The topological polar surface area (TPSA) is 69.0 Å². The van der Waals surface area contributed by atoms with Crippen molar-refractivity contribution in [3.63, 3.8) is 0 Å². The van der Waals surface area contributed by atoms with Gasteiger partial charge in [0.2, 0.25) is 0 Å². The summed E-state index contributed by atoms with van der Waals surface area (Å²) in [5.74, 6) is 0.535. The SMILES string of the molecule is c1cnc(OCC2CCCN(CCn3nccn3)C2)nc1. The van der Waals surface area contributed by atoms with Gasteiger partial charge >= 0.3 is 6.01 Å². The first-order valence-electron chi connectivity index (χ1n) is 7.36. The number of likely N-dealkylation sites (tertiary alicyclic amines) is 1. The lowest BCUT2D eigenvalue weighted by atomic mass is 9.99. The Kier molecular flexibility index (Phi) is 4.73. The summed E-state index contributed by atoms with van der Waals surface area (Å²) in [6, 6.07) is 2.26. The highest BCUT2D eigenvalue weighted by atomic mass is 16.5. The highest BCUT2D eigenvalue weighted by molar-refractivity contribution is 4.93. The van der Waals surface area contributed by atoms with Gasteiger partial charge in [-0.05, 0) is 25.5 Å². The molecule has 3 rings (SSSR count). The van der Waals surface area contributed by atoms with E-state index in [1.807, 2.05) is 0 Å². The molecule has 1 unspecified atom stereocenters. The van der Waals surface area contributed by atoms with Crippen LogP contribution >= 0.6 is 0 Å². The average molecular weight is 288 g/mol. The molecule has 7 heteroatoms. The largest absolute Gasteiger partial charge is 0.463 e. The number of aromatic nitrogens is 5. The van der Waals surface area contributed by atoms with Gasteiger partial charge in [-0.1, -0.05) is 0 Å². The molecule has 1 aliphatic heterocycles. The Hall–Kier alpha value is -2.02. The monoisotopic (exact) mass is 288 g/mol. The van der Waals surface area contributed by atoms with E-state index in [0.29, 0.717) is 18.5 Å². The van der Waals surface area contributed by atoms with Crippen molar-refractivity contribution in [3.8, 4) is 6.01 Å². The van der Waals surface area contributed by atoms with Crippen LogP contribution in [-0.2, 0) is 6.54 Å². The van der Waals surface area contributed by atoms with Crippen LogP contribution in [0.1, 0.15) is 12.8 Å². The molecule has 0 spiro atoms. The summed E-state index contributed by atoms with van der Waals surface area (Å²) in [5, 5.41) is 8.27. The van der Waals surface area contributed by atoms with Crippen LogP contribution in [0.4, 0.5) is 0 Å². The second-order valence-corrected chi connectivity index (χ2v) is 5.28. The summed E-state index contributed by atoms with van der Waals surface area (Å²) < 4.78 is 5.67. The molecule has 1 fully saturated rings. The number of nitrogens with zero attached hydrogens (tertiary/aromatic N) is 6. The van der Waals surface area contributed by atoms with E-state index < -0.39 is 0 Å². The van der Waals surface area contributed by atoms with E-state index in [1.165, 1.54) is 12.8 Å². The fraction of sp³-hybridized carbons (Fsp3) is 0.571. The van der Waals surface area contributed by atoms with Gasteiger partial charge in [-0.25, -0.2) is 9.97 Å². The highest BCUT2D eigenvalue weighted by Crippen LogP contribution is 2.17. The van der Waals surface area contributed by atoms with Gasteiger partial charge in [0.15, 0.2) is 0 Å². The van der Waals surface area contributed by atoms with E-state index in [9.17, 15) is 0 Å². The van der Waals surface area contributed by atoms with Gasteiger partial charge in [-0.15, -0.1) is 0 Å². The average Bonchev–Trinajstić information content (AvgIpc) is 3.06. The summed E-state index contributed by atoms with van der Waals surface area (Å²) >= 11 is 0. The van der Waals surface area contributed by atoms with Crippen molar-refractivity contribution >= 4 is 0 Å². The second-order valence-electron chi connectivity index (χ2n) is 5.28. The molecule has 3 heterocycles. The van der Waals surface area contributed by atoms with Gasteiger partial charge in [-0.2, -0.15) is 15.0 Å². The van der Waals surface area contributed by atoms with E-state index in [0.717, 1.165) is 26.2 Å². The fourth-order valence-electron chi connectivity index (χ4n) is 2.63. The molecule has 0 aliphatic carbocycles. The van der Waals surface area contributed by atoms with Gasteiger partial charge in [-0.3, -0.25) is 0 Å². The fourth-order valence-corrected chi connectivity index (χ4v) is 2.63. The Labute approximate surface area is 124 Å². The first-order chi connectivity index (χ1) is 10.4. The third-order valence-corrected chi connectivity index (χ3v) is 3.68. The Morgan fingerprint density at radius 1 is 1.10 bits per heavy atom. The van der Waals surface area contributed by atoms with Crippen LogP contribution < -0.4 is 4.74 Å². The van der Waals surface area contributed by atoms with Crippen LogP contribution in [0.3, 0.4) is 0 Å². The normalized spacial score (nSPS) is 19.5. The van der Waals surface area contributed by atoms with Crippen molar-refractivity contribution in [3.05, 3.63) is 30.9 Å². The zero-order valence-corrected chi connectivity index (χ0v) is 12.0. The molecular formula is C14H20N6O. The van der Waals surface area contributed by atoms with Crippen LogP contribution in [0.15, 0.2) is 30.9 Å². The van der Waals surface area contributed by atoms with Crippen molar-refractivity contribution in [2.45, 2.75) is 19.4 Å². The van der Waals surface area contributed by atoms with Gasteiger partial charge in [0.05, 0.1) is 25.5 Å². The molecular weight excluding hydrogens is 268 g/mol. The van der Waals surface area contributed by atoms with Crippen LogP contribution in [-0.4, -0.2) is 56.1 Å². The molecule has 1 aliphatic rings. The highest BCUT2D eigenvalue weighted by Gasteiger charge is 2.20. The zero-order valence-electron chi connectivity index (χ0n) is 12.0. The summed E-state index contributed by atoms with van der Waals surface area (Å²) in [7, 11) is 0. The molecule has 1 atom stereocenters. The molecule has 0 amide bonds. The van der Waals surface area contributed by atoms with E-state index in [-0.39, 0.29) is 0 Å². The molecule has 2 aromatic heterocycles. The number of hydrogen-bond donors (Lipinski definition) is 0. The standard InChI is InChI=1S/C14H20N6O/c1-3-13(12-21-14-15-4-2-5-16-14)11-19(8-1)9-10-20-17-6-7-18-20/h2,4-7,13H,1,3,8-12H2. The smallest absolute Gasteiger partial charge is 0.316 e. The number of piperidine rings is 1. The van der Waals surface area contributed by atoms with Gasteiger partial charge in [0.1, 0.15) is 0 Å². The number of rotatable bonds is 6. The zero-order chi connectivity index (χ0) is 14.3. The Morgan fingerprint density at radius 2 is 1.90 bits per heavy atom. The van der Waals surface area contributed by atoms with Crippen molar-refractivity contribution < 1.29 is 4.74 Å². The van der Waals surface area contributed by atoms with Crippen LogP contribution in [0, 0.1) is 5.92 Å². The summed E-state index contributed by atoms with van der Waals surface area (Å²) in [4.78, 5) is 12.4. The summed E-state index contributed by atoms with van der Waals surface area (Å²) in [6.45, 7) is 4.68. The van der Waals surface area contributed by atoms with Crippen molar-refractivity contribution in [1.29, 1.82) is 0 Å². The van der Waals surface area contributed by atoms with Crippen LogP contribution in [0.2, 0.25) is 0 Å². The van der Waals surface area contributed by atoms with Gasteiger partial charge in [0, 0.05) is 31.4 Å². The minimum Gasteiger partial charge on any atom is -0.463 e. The first-order valence-corrected chi connectivity index (χ1v) is 7.36. The maximum absolute atomic E-state index is 5.67. The van der Waals surface area contributed by atoms with Crippen LogP contribution in [0.5, 0.6) is 6.01 Å². The van der Waals surface area contributed by atoms with Crippen molar-refractivity contribution in [2.24, 2.45) is 5.92 Å². The van der Waals surface area contributed by atoms with E-state index >= 15 is 0 Å². The summed E-state index contributed by atoms with van der Waals surface area (Å²) in [6.07, 6.45) is 9.23.